The second-order valence-corrected chi connectivity index (χ2v) is 4.92. The second kappa shape index (κ2) is 6.88. The molecule has 0 aliphatic carbocycles. The van der Waals surface area contributed by atoms with Gasteiger partial charge in [-0.15, -0.1) is 0 Å². The molecule has 0 saturated carbocycles. The van der Waals surface area contributed by atoms with Crippen LogP contribution in [0.5, 0.6) is 6.01 Å². The monoisotopic (exact) mass is 287 g/mol. The molecule has 0 radical (unpaired) electrons. The SMILES string of the molecule is CCOc1nc(N)nc(N(Cc2ccccc2)C(C)C)n1. The van der Waals surface area contributed by atoms with E-state index < -0.39 is 0 Å². The maximum atomic E-state index is 5.75. The Morgan fingerprint density at radius 1 is 1.14 bits per heavy atom. The van der Waals surface area contributed by atoms with E-state index in [1.807, 2.05) is 25.1 Å². The van der Waals surface area contributed by atoms with Crippen LogP contribution in [-0.2, 0) is 6.54 Å². The van der Waals surface area contributed by atoms with Crippen molar-refractivity contribution in [2.24, 2.45) is 0 Å². The molecule has 0 aliphatic heterocycles. The zero-order chi connectivity index (χ0) is 15.2. The fourth-order valence-electron chi connectivity index (χ4n) is 1.95. The molecule has 6 heteroatoms. The Bertz CT molecular complexity index is 574. The third kappa shape index (κ3) is 4.05. The van der Waals surface area contributed by atoms with E-state index in [9.17, 15) is 0 Å². The van der Waals surface area contributed by atoms with Crippen molar-refractivity contribution in [3.8, 4) is 6.01 Å². The summed E-state index contributed by atoms with van der Waals surface area (Å²) in [6.07, 6.45) is 0. The number of hydrogen-bond acceptors (Lipinski definition) is 6. The van der Waals surface area contributed by atoms with Crippen molar-refractivity contribution in [2.75, 3.05) is 17.2 Å². The van der Waals surface area contributed by atoms with Gasteiger partial charge >= 0.3 is 6.01 Å². The van der Waals surface area contributed by atoms with Gasteiger partial charge in [0.2, 0.25) is 11.9 Å². The second-order valence-electron chi connectivity index (χ2n) is 4.92. The summed E-state index contributed by atoms with van der Waals surface area (Å²) < 4.78 is 5.34. The lowest BCUT2D eigenvalue weighted by Gasteiger charge is -2.27. The van der Waals surface area contributed by atoms with Crippen LogP contribution < -0.4 is 15.4 Å². The minimum absolute atomic E-state index is 0.169. The van der Waals surface area contributed by atoms with Crippen LogP contribution in [0.15, 0.2) is 30.3 Å². The van der Waals surface area contributed by atoms with Crippen molar-refractivity contribution in [2.45, 2.75) is 33.4 Å². The highest BCUT2D eigenvalue weighted by Gasteiger charge is 2.16. The number of benzene rings is 1. The first-order valence-corrected chi connectivity index (χ1v) is 7.05. The fraction of sp³-hybridized carbons (Fsp3) is 0.400. The molecule has 0 amide bonds. The van der Waals surface area contributed by atoms with E-state index in [1.54, 1.807) is 0 Å². The van der Waals surface area contributed by atoms with E-state index >= 15 is 0 Å². The van der Waals surface area contributed by atoms with Crippen LogP contribution in [-0.4, -0.2) is 27.6 Å². The van der Waals surface area contributed by atoms with Crippen LogP contribution in [0.1, 0.15) is 26.3 Å². The van der Waals surface area contributed by atoms with Crippen LogP contribution in [0.3, 0.4) is 0 Å². The number of nitrogens with zero attached hydrogens (tertiary/aromatic N) is 4. The topological polar surface area (TPSA) is 77.2 Å². The zero-order valence-corrected chi connectivity index (χ0v) is 12.7. The summed E-state index contributed by atoms with van der Waals surface area (Å²) in [6.45, 7) is 7.24. The smallest absolute Gasteiger partial charge is 0.323 e. The van der Waals surface area contributed by atoms with Crippen molar-refractivity contribution in [3.05, 3.63) is 35.9 Å². The molecule has 21 heavy (non-hydrogen) atoms. The van der Waals surface area contributed by atoms with Crippen molar-refractivity contribution < 1.29 is 4.74 Å². The van der Waals surface area contributed by atoms with E-state index in [-0.39, 0.29) is 18.0 Å². The van der Waals surface area contributed by atoms with Gasteiger partial charge in [-0.1, -0.05) is 30.3 Å². The van der Waals surface area contributed by atoms with Crippen molar-refractivity contribution in [3.63, 3.8) is 0 Å². The van der Waals surface area contributed by atoms with Gasteiger partial charge in [0, 0.05) is 12.6 Å². The largest absolute Gasteiger partial charge is 0.464 e. The van der Waals surface area contributed by atoms with Gasteiger partial charge < -0.3 is 15.4 Å². The summed E-state index contributed by atoms with van der Waals surface area (Å²) in [7, 11) is 0. The molecule has 112 valence electrons. The lowest BCUT2D eigenvalue weighted by atomic mass is 10.2. The summed E-state index contributed by atoms with van der Waals surface area (Å²) in [5.41, 5.74) is 6.94. The molecular weight excluding hydrogens is 266 g/mol. The van der Waals surface area contributed by atoms with Crippen LogP contribution >= 0.6 is 0 Å². The number of nitrogen functional groups attached to an aromatic ring is 1. The quantitative estimate of drug-likeness (QED) is 0.878. The van der Waals surface area contributed by atoms with Gasteiger partial charge in [-0.25, -0.2) is 0 Å². The van der Waals surface area contributed by atoms with Crippen LogP contribution in [0.25, 0.3) is 0 Å². The molecule has 2 N–H and O–H groups in total. The molecule has 0 aliphatic rings. The van der Waals surface area contributed by atoms with Gasteiger partial charge in [0.25, 0.3) is 0 Å². The van der Waals surface area contributed by atoms with Crippen molar-refractivity contribution in [1.82, 2.24) is 15.0 Å². The zero-order valence-electron chi connectivity index (χ0n) is 12.7. The lowest BCUT2D eigenvalue weighted by Crippen LogP contribution is -2.32. The van der Waals surface area contributed by atoms with Gasteiger partial charge in [0.1, 0.15) is 0 Å². The highest BCUT2D eigenvalue weighted by Crippen LogP contribution is 2.18. The molecule has 2 aromatic rings. The predicted octanol–water partition coefficient (Wildman–Crippen LogP) is 2.27. The van der Waals surface area contributed by atoms with Crippen molar-refractivity contribution in [1.29, 1.82) is 0 Å². The summed E-state index contributed by atoms with van der Waals surface area (Å²) in [5.74, 6) is 0.701. The minimum Gasteiger partial charge on any atom is -0.464 e. The molecule has 0 atom stereocenters. The van der Waals surface area contributed by atoms with Crippen molar-refractivity contribution >= 4 is 11.9 Å². The number of aromatic nitrogens is 3. The molecule has 0 spiro atoms. The first-order valence-electron chi connectivity index (χ1n) is 7.05. The summed E-state index contributed by atoms with van der Waals surface area (Å²) in [6, 6.07) is 10.7. The molecule has 2 rings (SSSR count). The third-order valence-electron chi connectivity index (χ3n) is 2.97. The molecule has 0 saturated heterocycles. The maximum Gasteiger partial charge on any atom is 0.323 e. The van der Waals surface area contributed by atoms with Crippen LogP contribution in [0, 0.1) is 0 Å². The van der Waals surface area contributed by atoms with E-state index in [0.29, 0.717) is 19.1 Å². The highest BCUT2D eigenvalue weighted by atomic mass is 16.5. The molecule has 1 aromatic carbocycles. The van der Waals surface area contributed by atoms with E-state index in [1.165, 1.54) is 5.56 Å². The lowest BCUT2D eigenvalue weighted by molar-refractivity contribution is 0.312. The van der Waals surface area contributed by atoms with E-state index in [0.717, 1.165) is 0 Å². The van der Waals surface area contributed by atoms with Gasteiger partial charge in [0.15, 0.2) is 0 Å². The number of nitrogens with two attached hydrogens (primary N) is 1. The van der Waals surface area contributed by atoms with Crippen LogP contribution in [0.4, 0.5) is 11.9 Å². The Kier molecular flexibility index (Phi) is 4.92. The molecule has 0 unspecified atom stereocenters. The number of anilines is 2. The molecule has 6 nitrogen and oxygen atoms in total. The number of rotatable bonds is 6. The minimum atomic E-state index is 0.169. The molecule has 0 bridgehead atoms. The molecule has 0 fully saturated rings. The standard InChI is InChI=1S/C15H21N5O/c1-4-21-15-18-13(16)17-14(19-15)20(11(2)3)10-12-8-6-5-7-9-12/h5-9,11H,4,10H2,1-3H3,(H2,16,17,18,19). The predicted molar refractivity (Wildman–Crippen MR) is 83.2 cm³/mol. The summed E-state index contributed by atoms with van der Waals surface area (Å²) in [4.78, 5) is 14.6. The Morgan fingerprint density at radius 3 is 2.48 bits per heavy atom. The Balaban J connectivity index is 2.29. The average Bonchev–Trinajstić information content (AvgIpc) is 2.45. The highest BCUT2D eigenvalue weighted by molar-refractivity contribution is 5.38. The first kappa shape index (κ1) is 15.0. The number of ether oxygens (including phenoxy) is 1. The van der Waals surface area contributed by atoms with Gasteiger partial charge in [0.05, 0.1) is 6.61 Å². The summed E-state index contributed by atoms with van der Waals surface area (Å²) >= 11 is 0. The van der Waals surface area contributed by atoms with Crippen LogP contribution in [0.2, 0.25) is 0 Å². The third-order valence-corrected chi connectivity index (χ3v) is 2.97. The van der Waals surface area contributed by atoms with Gasteiger partial charge in [-0.05, 0) is 26.3 Å². The molecule has 1 aromatic heterocycles. The Labute approximate surface area is 125 Å². The summed E-state index contributed by atoms with van der Waals surface area (Å²) in [5, 5.41) is 0. The van der Waals surface area contributed by atoms with Gasteiger partial charge in [-0.3, -0.25) is 0 Å². The van der Waals surface area contributed by atoms with E-state index in [2.05, 4.69) is 45.8 Å². The Hall–Kier alpha value is -2.37. The maximum absolute atomic E-state index is 5.75. The molecular formula is C15H21N5O. The Morgan fingerprint density at radius 2 is 1.86 bits per heavy atom. The number of hydrogen-bond donors (Lipinski definition) is 1. The fourth-order valence-corrected chi connectivity index (χ4v) is 1.95. The van der Waals surface area contributed by atoms with E-state index in [4.69, 9.17) is 10.5 Å². The van der Waals surface area contributed by atoms with Gasteiger partial charge in [-0.2, -0.15) is 15.0 Å². The normalized spacial score (nSPS) is 10.7. The first-order chi connectivity index (χ1) is 10.1. The molecule has 1 heterocycles. The average molecular weight is 287 g/mol.